The third kappa shape index (κ3) is 8.03. The maximum Gasteiger partial charge on any atom is 0.329 e. The number of rotatable bonds is 7. The van der Waals surface area contributed by atoms with Gasteiger partial charge in [-0.2, -0.15) is 0 Å². The van der Waals surface area contributed by atoms with Crippen LogP contribution in [0.3, 0.4) is 0 Å². The standard InChI is InChI=1S/C23H34N2O4Si/c1-17(26)24-20(16-18-12-9-8-10-13-18)21(27)25-19(22(28)29-5)14-11-15-30(6,7)23(2,3)4/h8-10,12-13,19-20H,14,16H2,1-7H3,(H,24,26)(H,25,27)/t19-,20+/m1/s1. The second-order valence-corrected chi connectivity index (χ2v) is 13.9. The number of nitrogens with one attached hydrogen (secondary N) is 2. The Hall–Kier alpha value is -2.59. The van der Waals surface area contributed by atoms with E-state index in [4.69, 9.17) is 4.74 Å². The molecular formula is C23H34N2O4Si. The molecule has 0 aliphatic carbocycles. The Labute approximate surface area is 181 Å². The van der Waals surface area contributed by atoms with E-state index in [-0.39, 0.29) is 17.4 Å². The summed E-state index contributed by atoms with van der Waals surface area (Å²) in [6, 6.07) is 7.68. The maximum atomic E-state index is 12.9. The molecule has 0 fully saturated rings. The first-order valence-corrected chi connectivity index (χ1v) is 13.1. The molecular weight excluding hydrogens is 396 g/mol. The summed E-state index contributed by atoms with van der Waals surface area (Å²) in [6.07, 6.45) is 0.471. The van der Waals surface area contributed by atoms with Crippen molar-refractivity contribution in [1.82, 2.24) is 10.6 Å². The van der Waals surface area contributed by atoms with E-state index < -0.39 is 32.0 Å². The molecule has 0 unspecified atom stereocenters. The molecule has 1 rings (SSSR count). The van der Waals surface area contributed by atoms with Gasteiger partial charge in [0.15, 0.2) is 0 Å². The summed E-state index contributed by atoms with van der Waals surface area (Å²) in [5.41, 5.74) is 4.24. The first-order chi connectivity index (χ1) is 13.9. The fourth-order valence-electron chi connectivity index (χ4n) is 2.47. The average molecular weight is 431 g/mol. The number of carbonyl (C=O) groups excluding carboxylic acids is 3. The van der Waals surface area contributed by atoms with Crippen LogP contribution >= 0.6 is 0 Å². The van der Waals surface area contributed by atoms with E-state index in [0.29, 0.717) is 6.42 Å². The zero-order valence-corrected chi connectivity index (χ0v) is 20.1. The third-order valence-electron chi connectivity index (χ3n) is 5.36. The molecule has 0 heterocycles. The van der Waals surface area contributed by atoms with Gasteiger partial charge in [0.25, 0.3) is 0 Å². The van der Waals surface area contributed by atoms with Gasteiger partial charge >= 0.3 is 5.97 Å². The minimum absolute atomic E-state index is 0.0934. The third-order valence-corrected chi connectivity index (χ3v) is 9.91. The van der Waals surface area contributed by atoms with Gasteiger partial charge in [-0.3, -0.25) is 9.59 Å². The molecule has 30 heavy (non-hydrogen) atoms. The normalized spacial score (nSPS) is 13.3. The van der Waals surface area contributed by atoms with Gasteiger partial charge in [-0.25, -0.2) is 4.79 Å². The molecule has 1 aromatic carbocycles. The molecule has 2 amide bonds. The predicted molar refractivity (Wildman–Crippen MR) is 121 cm³/mol. The Morgan fingerprint density at radius 2 is 1.67 bits per heavy atom. The van der Waals surface area contributed by atoms with E-state index in [1.165, 1.54) is 14.0 Å². The monoisotopic (exact) mass is 430 g/mol. The molecule has 0 radical (unpaired) electrons. The first kappa shape index (κ1) is 25.4. The molecule has 0 aromatic heterocycles. The minimum Gasteiger partial charge on any atom is -0.467 e. The van der Waals surface area contributed by atoms with Crippen LogP contribution in [-0.4, -0.2) is 45.1 Å². The molecule has 0 spiro atoms. The SMILES string of the molecule is COC(=O)[C@@H](CC#C[Si](C)(C)C(C)(C)C)NC(=O)[C@H](Cc1ccccc1)NC(C)=O. The number of hydrogen-bond donors (Lipinski definition) is 2. The number of carbonyl (C=O) groups is 3. The van der Waals surface area contributed by atoms with Gasteiger partial charge in [-0.1, -0.05) is 64.2 Å². The summed E-state index contributed by atoms with van der Waals surface area (Å²) in [7, 11) is -0.558. The maximum absolute atomic E-state index is 12.9. The van der Waals surface area contributed by atoms with E-state index >= 15 is 0 Å². The molecule has 0 saturated heterocycles. The zero-order chi connectivity index (χ0) is 22.9. The lowest BCUT2D eigenvalue weighted by Gasteiger charge is -2.31. The van der Waals surface area contributed by atoms with Crippen LogP contribution in [0.1, 0.15) is 39.7 Å². The summed E-state index contributed by atoms with van der Waals surface area (Å²) in [4.78, 5) is 36.7. The number of esters is 1. The molecule has 0 aliphatic rings. The second-order valence-electron chi connectivity index (χ2n) is 8.91. The van der Waals surface area contributed by atoms with E-state index in [9.17, 15) is 14.4 Å². The highest BCUT2D eigenvalue weighted by Crippen LogP contribution is 2.35. The van der Waals surface area contributed by atoms with Crippen molar-refractivity contribution in [3.63, 3.8) is 0 Å². The van der Waals surface area contributed by atoms with Gasteiger partial charge in [0, 0.05) is 19.8 Å². The molecule has 6 nitrogen and oxygen atoms in total. The van der Waals surface area contributed by atoms with Crippen molar-refractivity contribution in [2.24, 2.45) is 0 Å². The van der Waals surface area contributed by atoms with Gasteiger partial charge in [0.2, 0.25) is 11.8 Å². The highest BCUT2D eigenvalue weighted by Gasteiger charge is 2.34. The highest BCUT2D eigenvalue weighted by molar-refractivity contribution is 6.87. The number of hydrogen-bond acceptors (Lipinski definition) is 4. The summed E-state index contributed by atoms with van der Waals surface area (Å²) in [5.74, 6) is 1.76. The fraction of sp³-hybridized carbons (Fsp3) is 0.522. The van der Waals surface area contributed by atoms with E-state index in [1.807, 2.05) is 30.3 Å². The summed E-state index contributed by atoms with van der Waals surface area (Å²) < 4.78 is 4.84. The van der Waals surface area contributed by atoms with Crippen molar-refractivity contribution in [3.05, 3.63) is 35.9 Å². The van der Waals surface area contributed by atoms with Crippen LogP contribution in [0.5, 0.6) is 0 Å². The van der Waals surface area contributed by atoms with Gasteiger partial charge < -0.3 is 15.4 Å². The number of methoxy groups -OCH3 is 1. The average Bonchev–Trinajstić information content (AvgIpc) is 2.65. The molecule has 1 aromatic rings. The van der Waals surface area contributed by atoms with E-state index in [1.54, 1.807) is 0 Å². The van der Waals surface area contributed by atoms with Crippen LogP contribution in [-0.2, 0) is 25.5 Å². The summed E-state index contributed by atoms with van der Waals surface area (Å²) in [5, 5.41) is 5.46. The zero-order valence-electron chi connectivity index (χ0n) is 19.1. The fourth-order valence-corrected chi connectivity index (χ4v) is 3.39. The Morgan fingerprint density at radius 3 is 2.17 bits per heavy atom. The predicted octanol–water partition coefficient (Wildman–Crippen LogP) is 2.83. The quantitative estimate of drug-likeness (QED) is 0.396. The topological polar surface area (TPSA) is 84.5 Å². The summed E-state index contributed by atoms with van der Waals surface area (Å²) >= 11 is 0. The van der Waals surface area contributed by atoms with Crippen molar-refractivity contribution in [3.8, 4) is 11.5 Å². The van der Waals surface area contributed by atoms with Crippen molar-refractivity contribution < 1.29 is 19.1 Å². The number of ether oxygens (including phenoxy) is 1. The number of benzene rings is 1. The second kappa shape index (κ2) is 11.0. The lowest BCUT2D eigenvalue weighted by Crippen LogP contribution is -2.52. The van der Waals surface area contributed by atoms with Crippen LogP contribution in [0.4, 0.5) is 0 Å². The molecule has 0 saturated carbocycles. The smallest absolute Gasteiger partial charge is 0.329 e. The van der Waals surface area contributed by atoms with Crippen LogP contribution in [0.25, 0.3) is 0 Å². The van der Waals surface area contributed by atoms with Crippen LogP contribution in [0, 0.1) is 11.5 Å². The molecule has 2 N–H and O–H groups in total. The van der Waals surface area contributed by atoms with E-state index in [2.05, 4.69) is 56.0 Å². The molecule has 2 atom stereocenters. The molecule has 0 bridgehead atoms. The van der Waals surface area contributed by atoms with Crippen LogP contribution in [0.15, 0.2) is 30.3 Å². The van der Waals surface area contributed by atoms with Crippen molar-refractivity contribution in [1.29, 1.82) is 0 Å². The van der Waals surface area contributed by atoms with Crippen LogP contribution < -0.4 is 10.6 Å². The van der Waals surface area contributed by atoms with Gasteiger partial charge in [-0.15, -0.1) is 11.5 Å². The Bertz CT molecular complexity index is 804. The van der Waals surface area contributed by atoms with Gasteiger partial charge in [0.05, 0.1) is 7.11 Å². The van der Waals surface area contributed by atoms with Crippen molar-refractivity contribution in [2.75, 3.05) is 7.11 Å². The van der Waals surface area contributed by atoms with Gasteiger partial charge in [-0.05, 0) is 10.6 Å². The van der Waals surface area contributed by atoms with E-state index in [0.717, 1.165) is 5.56 Å². The lowest BCUT2D eigenvalue weighted by molar-refractivity contribution is -0.145. The first-order valence-electron chi connectivity index (χ1n) is 10.1. The lowest BCUT2D eigenvalue weighted by atomic mass is 10.0. The van der Waals surface area contributed by atoms with Crippen LogP contribution in [0.2, 0.25) is 18.1 Å². The minimum atomic E-state index is -1.83. The van der Waals surface area contributed by atoms with Gasteiger partial charge in [0.1, 0.15) is 20.2 Å². The largest absolute Gasteiger partial charge is 0.467 e. The molecule has 0 aliphatic heterocycles. The number of amides is 2. The highest BCUT2D eigenvalue weighted by atomic mass is 28.3. The Balaban J connectivity index is 2.97. The van der Waals surface area contributed by atoms with Crippen molar-refractivity contribution in [2.45, 2.75) is 70.8 Å². The summed E-state index contributed by atoms with van der Waals surface area (Å²) in [6.45, 7) is 12.2. The molecule has 7 heteroatoms. The Kier molecular flexibility index (Phi) is 9.31. The van der Waals surface area contributed by atoms with Crippen molar-refractivity contribution >= 4 is 25.9 Å². The Morgan fingerprint density at radius 1 is 1.07 bits per heavy atom. The molecule has 164 valence electrons.